The van der Waals surface area contributed by atoms with Crippen LogP contribution in [0, 0.1) is 0 Å². The summed E-state index contributed by atoms with van der Waals surface area (Å²) >= 11 is 0. The number of amides is 1. The molecule has 120 valence electrons. The molecule has 3 heterocycles. The van der Waals surface area contributed by atoms with Gasteiger partial charge < -0.3 is 4.74 Å². The Morgan fingerprint density at radius 1 is 1.36 bits per heavy atom. The highest BCUT2D eigenvalue weighted by atomic mass is 16.5. The van der Waals surface area contributed by atoms with E-state index in [1.54, 1.807) is 25.7 Å². The second-order valence-electron chi connectivity index (χ2n) is 6.24. The van der Waals surface area contributed by atoms with Crippen LogP contribution in [-0.4, -0.2) is 59.7 Å². The lowest BCUT2D eigenvalue weighted by atomic mass is 9.85. The van der Waals surface area contributed by atoms with Gasteiger partial charge in [-0.05, 0) is 25.8 Å². The molecule has 1 amide bonds. The summed E-state index contributed by atoms with van der Waals surface area (Å²) in [7, 11) is 1.74. The zero-order valence-corrected chi connectivity index (χ0v) is 13.2. The predicted octanol–water partition coefficient (Wildman–Crippen LogP) is 1.47. The highest BCUT2D eigenvalue weighted by Crippen LogP contribution is 2.38. The van der Waals surface area contributed by atoms with E-state index in [9.17, 15) is 4.79 Å². The number of anilines is 1. The molecule has 1 aromatic heterocycles. The van der Waals surface area contributed by atoms with Crippen LogP contribution in [0.3, 0.4) is 0 Å². The van der Waals surface area contributed by atoms with Crippen LogP contribution in [0.1, 0.15) is 32.1 Å². The molecule has 1 aromatic rings. The molecule has 22 heavy (non-hydrogen) atoms. The van der Waals surface area contributed by atoms with Crippen molar-refractivity contribution < 1.29 is 9.53 Å². The highest BCUT2D eigenvalue weighted by Gasteiger charge is 2.48. The summed E-state index contributed by atoms with van der Waals surface area (Å²) in [6, 6.07) is 0. The van der Waals surface area contributed by atoms with Crippen LogP contribution < -0.4 is 4.90 Å². The standard InChI is InChI=1S/C16H24N4O2/c1-22-10-4-9-19-8-3-2-5-16(19)11-15(21)20(13-16)14-12-17-6-7-18-14/h6-7,12H,2-5,8-11,13H2,1H3. The summed E-state index contributed by atoms with van der Waals surface area (Å²) in [6.45, 7) is 3.58. The van der Waals surface area contributed by atoms with Gasteiger partial charge in [0.25, 0.3) is 0 Å². The number of likely N-dealkylation sites (tertiary alicyclic amines) is 1. The van der Waals surface area contributed by atoms with Gasteiger partial charge in [0.05, 0.1) is 6.20 Å². The van der Waals surface area contributed by atoms with Crippen molar-refractivity contribution in [2.45, 2.75) is 37.6 Å². The van der Waals surface area contributed by atoms with Crippen molar-refractivity contribution in [1.29, 1.82) is 0 Å². The van der Waals surface area contributed by atoms with E-state index < -0.39 is 0 Å². The van der Waals surface area contributed by atoms with Gasteiger partial charge in [-0.2, -0.15) is 0 Å². The van der Waals surface area contributed by atoms with Crippen LogP contribution in [0.15, 0.2) is 18.6 Å². The van der Waals surface area contributed by atoms with Crippen molar-refractivity contribution in [2.24, 2.45) is 0 Å². The van der Waals surface area contributed by atoms with Crippen LogP contribution in [-0.2, 0) is 9.53 Å². The van der Waals surface area contributed by atoms with Crippen LogP contribution in [0.5, 0.6) is 0 Å². The van der Waals surface area contributed by atoms with E-state index in [-0.39, 0.29) is 11.4 Å². The summed E-state index contributed by atoms with van der Waals surface area (Å²) in [5, 5.41) is 0. The Kier molecular flexibility index (Phi) is 4.69. The fraction of sp³-hybridized carbons (Fsp3) is 0.688. The summed E-state index contributed by atoms with van der Waals surface area (Å²) in [5.74, 6) is 0.839. The number of aromatic nitrogens is 2. The Bertz CT molecular complexity index is 510. The minimum absolute atomic E-state index is 0.0272. The molecule has 2 aliphatic rings. The second-order valence-corrected chi connectivity index (χ2v) is 6.24. The zero-order chi connectivity index (χ0) is 15.4. The van der Waals surface area contributed by atoms with E-state index in [0.717, 1.165) is 39.1 Å². The predicted molar refractivity (Wildman–Crippen MR) is 83.7 cm³/mol. The molecule has 6 heteroatoms. The molecule has 1 unspecified atom stereocenters. The van der Waals surface area contributed by atoms with Crippen LogP contribution in [0.25, 0.3) is 0 Å². The van der Waals surface area contributed by atoms with Gasteiger partial charge in [0.15, 0.2) is 5.82 Å². The third-order valence-electron chi connectivity index (χ3n) is 4.83. The number of carbonyl (C=O) groups excluding carboxylic acids is 1. The lowest BCUT2D eigenvalue weighted by Crippen LogP contribution is -2.54. The maximum atomic E-state index is 12.5. The second kappa shape index (κ2) is 6.71. The van der Waals surface area contributed by atoms with Gasteiger partial charge in [-0.1, -0.05) is 6.42 Å². The van der Waals surface area contributed by atoms with Gasteiger partial charge in [-0.15, -0.1) is 0 Å². The topological polar surface area (TPSA) is 58.6 Å². The zero-order valence-electron chi connectivity index (χ0n) is 13.2. The normalized spacial score (nSPS) is 26.0. The molecule has 0 radical (unpaired) electrons. The van der Waals surface area contributed by atoms with Crippen molar-refractivity contribution in [2.75, 3.05) is 38.3 Å². The SMILES string of the molecule is COCCCN1CCCCC12CC(=O)N(c1cnccn1)C2. The third-order valence-corrected chi connectivity index (χ3v) is 4.83. The summed E-state index contributed by atoms with van der Waals surface area (Å²) in [6.07, 6.45) is 10.1. The van der Waals surface area contributed by atoms with Crippen molar-refractivity contribution in [3.63, 3.8) is 0 Å². The molecular weight excluding hydrogens is 280 g/mol. The first kappa shape index (κ1) is 15.4. The first-order valence-electron chi connectivity index (χ1n) is 8.05. The number of ether oxygens (including phenoxy) is 1. The van der Waals surface area contributed by atoms with Crippen LogP contribution in [0.2, 0.25) is 0 Å². The summed E-state index contributed by atoms with van der Waals surface area (Å²) in [4.78, 5) is 25.2. The van der Waals surface area contributed by atoms with Crippen LogP contribution in [0.4, 0.5) is 5.82 Å². The quantitative estimate of drug-likeness (QED) is 0.771. The minimum Gasteiger partial charge on any atom is -0.385 e. The molecule has 0 bridgehead atoms. The van der Waals surface area contributed by atoms with Gasteiger partial charge in [-0.25, -0.2) is 4.98 Å². The lowest BCUT2D eigenvalue weighted by Gasteiger charge is -2.44. The van der Waals surface area contributed by atoms with Gasteiger partial charge in [0.2, 0.25) is 5.91 Å². The lowest BCUT2D eigenvalue weighted by molar-refractivity contribution is -0.118. The molecular formula is C16H24N4O2. The molecule has 0 aromatic carbocycles. The molecule has 0 N–H and O–H groups in total. The average molecular weight is 304 g/mol. The van der Waals surface area contributed by atoms with Crippen LogP contribution >= 0.6 is 0 Å². The Morgan fingerprint density at radius 2 is 2.27 bits per heavy atom. The maximum absolute atomic E-state index is 12.5. The van der Waals surface area contributed by atoms with E-state index in [2.05, 4.69) is 14.9 Å². The first-order valence-corrected chi connectivity index (χ1v) is 8.05. The van der Waals surface area contributed by atoms with Gasteiger partial charge >= 0.3 is 0 Å². The van der Waals surface area contributed by atoms with E-state index in [4.69, 9.17) is 4.74 Å². The largest absolute Gasteiger partial charge is 0.385 e. The molecule has 1 spiro atoms. The van der Waals surface area contributed by atoms with Crippen molar-refractivity contribution in [3.05, 3.63) is 18.6 Å². The first-order chi connectivity index (χ1) is 10.7. The highest BCUT2D eigenvalue weighted by molar-refractivity contribution is 5.96. The van der Waals surface area contributed by atoms with E-state index >= 15 is 0 Å². The molecule has 0 aliphatic carbocycles. The molecule has 2 aliphatic heterocycles. The Balaban J connectivity index is 1.75. The summed E-state index contributed by atoms with van der Waals surface area (Å²) in [5.41, 5.74) is -0.0272. The van der Waals surface area contributed by atoms with E-state index in [1.807, 2.05) is 4.90 Å². The van der Waals surface area contributed by atoms with Crippen molar-refractivity contribution in [1.82, 2.24) is 14.9 Å². The fourth-order valence-corrected chi connectivity index (χ4v) is 3.73. The van der Waals surface area contributed by atoms with E-state index in [1.165, 1.54) is 12.8 Å². The number of methoxy groups -OCH3 is 1. The van der Waals surface area contributed by atoms with E-state index in [0.29, 0.717) is 12.2 Å². The van der Waals surface area contributed by atoms with Gasteiger partial charge in [0, 0.05) is 51.2 Å². The van der Waals surface area contributed by atoms with Gasteiger partial charge in [-0.3, -0.25) is 19.6 Å². The molecule has 6 nitrogen and oxygen atoms in total. The number of hydrogen-bond acceptors (Lipinski definition) is 5. The van der Waals surface area contributed by atoms with Crippen molar-refractivity contribution >= 4 is 11.7 Å². The third kappa shape index (κ3) is 2.98. The minimum atomic E-state index is -0.0272. The number of piperidine rings is 1. The van der Waals surface area contributed by atoms with Crippen molar-refractivity contribution in [3.8, 4) is 0 Å². The summed E-state index contributed by atoms with van der Waals surface area (Å²) < 4.78 is 5.17. The number of hydrogen-bond donors (Lipinski definition) is 0. The average Bonchev–Trinajstić information content (AvgIpc) is 2.87. The Hall–Kier alpha value is -1.53. The molecule has 2 fully saturated rings. The molecule has 0 saturated carbocycles. The molecule has 1 atom stereocenters. The molecule has 2 saturated heterocycles. The number of nitrogens with zero attached hydrogens (tertiary/aromatic N) is 4. The Labute approximate surface area is 131 Å². The maximum Gasteiger partial charge on any atom is 0.230 e. The number of rotatable bonds is 5. The monoisotopic (exact) mass is 304 g/mol. The number of carbonyl (C=O) groups is 1. The Morgan fingerprint density at radius 3 is 3.05 bits per heavy atom. The van der Waals surface area contributed by atoms with Gasteiger partial charge in [0.1, 0.15) is 0 Å². The smallest absolute Gasteiger partial charge is 0.230 e. The molecule has 3 rings (SSSR count). The fourth-order valence-electron chi connectivity index (χ4n) is 3.73.